The standard InChI is InChI=1S/C34H36F6N2O3/c1-6-23-9-8-10-25(19-23)30(7-2)41-22(3)42(18-17-24-11-15-28(16-12-24)45-32(4,5)31(43)44)21-26-13-14-27(33(35,36)37)20-29(26)34(38,39)40/h7-16,19-20H,6,17-18,21H2,1-5H3,(H,43,44)/b30-7-,41-22?. The van der Waals surface area contributed by atoms with Gasteiger partial charge in [0.05, 0.1) is 16.8 Å². The van der Waals surface area contributed by atoms with Crippen molar-refractivity contribution in [1.29, 1.82) is 0 Å². The summed E-state index contributed by atoms with van der Waals surface area (Å²) in [7, 11) is 0. The maximum Gasteiger partial charge on any atom is 0.416 e. The Balaban J connectivity index is 1.98. The number of alkyl halides is 6. The number of nitrogens with zero attached hydrogens (tertiary/aromatic N) is 2. The summed E-state index contributed by atoms with van der Waals surface area (Å²) in [6, 6.07) is 16.0. The molecule has 0 unspecified atom stereocenters. The number of aliphatic imine (C=N–C) groups is 1. The zero-order chi connectivity index (χ0) is 33.6. The first-order chi connectivity index (χ1) is 20.9. The number of amidine groups is 1. The van der Waals surface area contributed by atoms with Crippen LogP contribution in [0.1, 0.15) is 68.0 Å². The van der Waals surface area contributed by atoms with Gasteiger partial charge in [0.1, 0.15) is 11.6 Å². The van der Waals surface area contributed by atoms with E-state index in [1.54, 1.807) is 49.1 Å². The van der Waals surface area contributed by atoms with Crippen molar-refractivity contribution in [2.24, 2.45) is 4.99 Å². The molecular formula is C34H36F6N2O3. The number of aliphatic carboxylic acids is 1. The highest BCUT2D eigenvalue weighted by Crippen LogP contribution is 2.38. The van der Waals surface area contributed by atoms with Gasteiger partial charge in [-0.2, -0.15) is 26.3 Å². The molecule has 0 atom stereocenters. The van der Waals surface area contributed by atoms with Crippen molar-refractivity contribution < 1.29 is 41.0 Å². The van der Waals surface area contributed by atoms with E-state index in [9.17, 15) is 36.2 Å². The fourth-order valence-electron chi connectivity index (χ4n) is 4.53. The summed E-state index contributed by atoms with van der Waals surface area (Å²) in [5, 5.41) is 9.31. The molecule has 242 valence electrons. The van der Waals surface area contributed by atoms with Gasteiger partial charge < -0.3 is 14.7 Å². The largest absolute Gasteiger partial charge is 0.478 e. The van der Waals surface area contributed by atoms with Crippen LogP contribution in [-0.4, -0.2) is 34.0 Å². The van der Waals surface area contributed by atoms with Crippen molar-refractivity contribution >= 4 is 17.5 Å². The van der Waals surface area contributed by atoms with Crippen molar-refractivity contribution in [2.75, 3.05) is 6.54 Å². The number of carboxylic acid groups (broad SMARTS) is 1. The number of hydrogen-bond donors (Lipinski definition) is 1. The van der Waals surface area contributed by atoms with Crippen molar-refractivity contribution in [3.8, 4) is 5.75 Å². The molecule has 0 saturated heterocycles. The van der Waals surface area contributed by atoms with E-state index in [0.29, 0.717) is 29.8 Å². The van der Waals surface area contributed by atoms with E-state index in [4.69, 9.17) is 9.73 Å². The summed E-state index contributed by atoms with van der Waals surface area (Å²) in [6.07, 6.45) is -7.02. The number of allylic oxidation sites excluding steroid dienone is 1. The van der Waals surface area contributed by atoms with E-state index in [1.165, 1.54) is 13.8 Å². The molecular weight excluding hydrogens is 598 g/mol. The number of hydrogen-bond acceptors (Lipinski definition) is 3. The van der Waals surface area contributed by atoms with Crippen molar-refractivity contribution in [3.05, 3.63) is 106 Å². The Morgan fingerprint density at radius 2 is 1.60 bits per heavy atom. The molecule has 0 bridgehead atoms. The number of halogens is 6. The van der Waals surface area contributed by atoms with Crippen LogP contribution in [-0.2, 0) is 36.5 Å². The quantitative estimate of drug-likeness (QED) is 0.130. The van der Waals surface area contributed by atoms with E-state index in [2.05, 4.69) is 0 Å². The van der Waals surface area contributed by atoms with Gasteiger partial charge in [0.2, 0.25) is 0 Å². The van der Waals surface area contributed by atoms with E-state index < -0.39 is 35.0 Å². The monoisotopic (exact) mass is 634 g/mol. The van der Waals surface area contributed by atoms with Gasteiger partial charge in [-0.05, 0) is 87.6 Å². The molecule has 1 N–H and O–H groups in total. The summed E-state index contributed by atoms with van der Waals surface area (Å²) in [6.45, 7) is 8.12. The van der Waals surface area contributed by atoms with Gasteiger partial charge in [-0.25, -0.2) is 9.79 Å². The lowest BCUT2D eigenvalue weighted by Gasteiger charge is -2.27. The van der Waals surface area contributed by atoms with Gasteiger partial charge in [0, 0.05) is 18.7 Å². The van der Waals surface area contributed by atoms with Gasteiger partial charge in [-0.3, -0.25) is 0 Å². The number of carboxylic acids is 1. The first-order valence-electron chi connectivity index (χ1n) is 14.3. The SMILES string of the molecule is C/C=C(\N=C(C)N(CCc1ccc(OC(C)(C)C(=O)O)cc1)Cc1ccc(C(F)(F)F)cc1C(F)(F)F)c1cccc(CC)c1. The molecule has 3 rings (SSSR count). The second kappa shape index (κ2) is 14.2. The third-order valence-corrected chi connectivity index (χ3v) is 7.23. The highest BCUT2D eigenvalue weighted by Gasteiger charge is 2.38. The third kappa shape index (κ3) is 9.60. The smallest absolute Gasteiger partial charge is 0.416 e. The van der Waals surface area contributed by atoms with Gasteiger partial charge in [-0.15, -0.1) is 0 Å². The minimum absolute atomic E-state index is 0.144. The van der Waals surface area contributed by atoms with Crippen LogP contribution in [0.25, 0.3) is 5.70 Å². The maximum atomic E-state index is 14.0. The molecule has 0 aliphatic carbocycles. The molecule has 0 aliphatic rings. The fraction of sp³-hybridized carbons (Fsp3) is 0.353. The van der Waals surface area contributed by atoms with E-state index >= 15 is 0 Å². The highest BCUT2D eigenvalue weighted by atomic mass is 19.4. The summed E-state index contributed by atoms with van der Waals surface area (Å²) in [5.41, 5.74) is -1.24. The first-order valence-corrected chi connectivity index (χ1v) is 14.3. The zero-order valence-electron chi connectivity index (χ0n) is 25.7. The molecule has 45 heavy (non-hydrogen) atoms. The topological polar surface area (TPSA) is 62.1 Å². The van der Waals surface area contributed by atoms with Crippen LogP contribution in [0, 0.1) is 0 Å². The Morgan fingerprint density at radius 1 is 0.933 bits per heavy atom. The number of rotatable bonds is 11. The number of benzene rings is 3. The van der Waals surface area contributed by atoms with Gasteiger partial charge in [0.25, 0.3) is 0 Å². The van der Waals surface area contributed by atoms with Gasteiger partial charge in [0.15, 0.2) is 5.60 Å². The van der Waals surface area contributed by atoms with Crippen LogP contribution in [0.5, 0.6) is 5.75 Å². The number of aryl methyl sites for hydroxylation is 1. The number of ether oxygens (including phenoxy) is 1. The lowest BCUT2D eigenvalue weighted by Crippen LogP contribution is -2.37. The lowest BCUT2D eigenvalue weighted by atomic mass is 10.0. The van der Waals surface area contributed by atoms with Crippen LogP contribution in [0.4, 0.5) is 26.3 Å². The molecule has 0 aliphatic heterocycles. The Hall–Kier alpha value is -4.28. The molecule has 0 amide bonds. The Labute approximate surface area is 258 Å². The van der Waals surface area contributed by atoms with Crippen LogP contribution >= 0.6 is 0 Å². The summed E-state index contributed by atoms with van der Waals surface area (Å²) < 4.78 is 87.5. The lowest BCUT2D eigenvalue weighted by molar-refractivity contribution is -0.152. The molecule has 3 aromatic carbocycles. The summed E-state index contributed by atoms with van der Waals surface area (Å²) in [5.74, 6) is -0.436. The fourth-order valence-corrected chi connectivity index (χ4v) is 4.53. The van der Waals surface area contributed by atoms with E-state index in [-0.39, 0.29) is 24.7 Å². The third-order valence-electron chi connectivity index (χ3n) is 7.23. The zero-order valence-corrected chi connectivity index (χ0v) is 25.7. The van der Waals surface area contributed by atoms with Crippen LogP contribution in [0.15, 0.2) is 77.8 Å². The summed E-state index contributed by atoms with van der Waals surface area (Å²) in [4.78, 5) is 17.7. The van der Waals surface area contributed by atoms with Crippen LogP contribution < -0.4 is 4.74 Å². The average Bonchev–Trinajstić information content (AvgIpc) is 2.97. The molecule has 0 fully saturated rings. The molecule has 11 heteroatoms. The van der Waals surface area contributed by atoms with Gasteiger partial charge >= 0.3 is 18.3 Å². The second-order valence-corrected chi connectivity index (χ2v) is 11.0. The van der Waals surface area contributed by atoms with Crippen LogP contribution in [0.3, 0.4) is 0 Å². The molecule has 0 spiro atoms. The average molecular weight is 635 g/mol. The Morgan fingerprint density at radius 3 is 2.16 bits per heavy atom. The van der Waals surface area contributed by atoms with Crippen molar-refractivity contribution in [2.45, 2.75) is 72.0 Å². The Kier molecular flexibility index (Phi) is 11.1. The van der Waals surface area contributed by atoms with Crippen molar-refractivity contribution in [1.82, 2.24) is 4.90 Å². The van der Waals surface area contributed by atoms with Crippen LogP contribution in [0.2, 0.25) is 0 Å². The summed E-state index contributed by atoms with van der Waals surface area (Å²) >= 11 is 0. The minimum Gasteiger partial charge on any atom is -0.478 e. The predicted octanol–water partition coefficient (Wildman–Crippen LogP) is 9.05. The van der Waals surface area contributed by atoms with Gasteiger partial charge in [-0.1, -0.05) is 49.4 Å². The second-order valence-electron chi connectivity index (χ2n) is 11.0. The minimum atomic E-state index is -5.01. The molecule has 0 heterocycles. The highest BCUT2D eigenvalue weighted by molar-refractivity contribution is 5.86. The number of carbonyl (C=O) groups is 1. The Bertz CT molecular complexity index is 1540. The first kappa shape index (κ1) is 35.2. The van der Waals surface area contributed by atoms with Crippen molar-refractivity contribution in [3.63, 3.8) is 0 Å². The van der Waals surface area contributed by atoms with E-state index in [0.717, 1.165) is 29.2 Å². The normalized spacial score (nSPS) is 13.1. The van der Waals surface area contributed by atoms with E-state index in [1.807, 2.05) is 31.2 Å². The molecule has 0 radical (unpaired) electrons. The molecule has 5 nitrogen and oxygen atoms in total. The molecule has 0 saturated carbocycles. The molecule has 0 aromatic heterocycles. The predicted molar refractivity (Wildman–Crippen MR) is 162 cm³/mol. The maximum absolute atomic E-state index is 14.0. The molecule has 3 aromatic rings.